The number of nitrogens with zero attached hydrogens (tertiary/aromatic N) is 1. The summed E-state index contributed by atoms with van der Waals surface area (Å²) in [6.07, 6.45) is 0. The number of likely N-dealkylation sites (N-methyl/N-ethyl adjacent to an activating group) is 1. The summed E-state index contributed by atoms with van der Waals surface area (Å²) in [7, 11) is 1.70. The maximum Gasteiger partial charge on any atom is 0.244 e. The molecule has 0 aliphatic heterocycles. The van der Waals surface area contributed by atoms with Crippen molar-refractivity contribution in [2.75, 3.05) is 20.2 Å². The van der Waals surface area contributed by atoms with E-state index in [1.165, 1.54) is 6.92 Å². The zero-order chi connectivity index (χ0) is 16.0. The van der Waals surface area contributed by atoms with Crippen molar-refractivity contribution in [3.63, 3.8) is 0 Å². The van der Waals surface area contributed by atoms with E-state index < -0.39 is 6.04 Å². The van der Waals surface area contributed by atoms with Crippen molar-refractivity contribution in [1.29, 1.82) is 0 Å². The van der Waals surface area contributed by atoms with Gasteiger partial charge in [-0.2, -0.15) is 0 Å². The van der Waals surface area contributed by atoms with E-state index >= 15 is 0 Å². The van der Waals surface area contributed by atoms with E-state index in [0.717, 1.165) is 16.9 Å². The fraction of sp³-hybridized carbons (Fsp3) is 0.500. The maximum absolute atomic E-state index is 12.0. The van der Waals surface area contributed by atoms with Crippen LogP contribution in [0.5, 0.6) is 5.75 Å². The Hall–Kier alpha value is -2.04. The van der Waals surface area contributed by atoms with Gasteiger partial charge in [0.2, 0.25) is 11.8 Å². The smallest absolute Gasteiger partial charge is 0.244 e. The molecule has 21 heavy (non-hydrogen) atoms. The average Bonchev–Trinajstić information content (AvgIpc) is 2.35. The predicted molar refractivity (Wildman–Crippen MR) is 82.3 cm³/mol. The zero-order valence-electron chi connectivity index (χ0n) is 13.4. The Morgan fingerprint density at radius 3 is 2.33 bits per heavy atom. The van der Waals surface area contributed by atoms with E-state index in [-0.39, 0.29) is 11.8 Å². The van der Waals surface area contributed by atoms with Crippen LogP contribution in [0.25, 0.3) is 0 Å². The Balaban J connectivity index is 2.44. The van der Waals surface area contributed by atoms with E-state index in [4.69, 9.17) is 4.74 Å². The number of amides is 2. The molecule has 1 N–H and O–H groups in total. The number of hydrogen-bond acceptors (Lipinski definition) is 3. The number of rotatable bonds is 6. The second-order valence-electron chi connectivity index (χ2n) is 5.35. The lowest BCUT2D eigenvalue weighted by Crippen LogP contribution is -2.45. The van der Waals surface area contributed by atoms with Gasteiger partial charge in [-0.1, -0.05) is 6.07 Å². The highest BCUT2D eigenvalue weighted by atomic mass is 16.5. The number of ether oxygens (including phenoxy) is 1. The number of aryl methyl sites for hydroxylation is 2. The minimum Gasteiger partial charge on any atom is -0.492 e. The minimum absolute atomic E-state index is 0.130. The monoisotopic (exact) mass is 292 g/mol. The van der Waals surface area contributed by atoms with E-state index in [2.05, 4.69) is 11.4 Å². The highest BCUT2D eigenvalue weighted by Crippen LogP contribution is 2.16. The molecule has 1 unspecified atom stereocenters. The molecule has 0 fully saturated rings. The van der Waals surface area contributed by atoms with Crippen molar-refractivity contribution in [3.8, 4) is 5.75 Å². The molecule has 0 saturated heterocycles. The quantitative estimate of drug-likeness (QED) is 0.867. The Morgan fingerprint density at radius 2 is 1.81 bits per heavy atom. The fourth-order valence-corrected chi connectivity index (χ4v) is 2.12. The molecule has 0 aliphatic rings. The van der Waals surface area contributed by atoms with E-state index in [9.17, 15) is 9.59 Å². The summed E-state index contributed by atoms with van der Waals surface area (Å²) in [6.45, 7) is 7.99. The van der Waals surface area contributed by atoms with Gasteiger partial charge >= 0.3 is 0 Å². The average molecular weight is 292 g/mol. The Labute approximate surface area is 126 Å². The van der Waals surface area contributed by atoms with Gasteiger partial charge in [-0.15, -0.1) is 0 Å². The third-order valence-electron chi connectivity index (χ3n) is 3.06. The number of carbonyl (C=O) groups excluding carboxylic acids is 2. The summed E-state index contributed by atoms with van der Waals surface area (Å²) in [5, 5.41) is 2.58. The standard InChI is InChI=1S/C16H24N2O3/c1-11-8-12(2)10-15(9-11)21-7-6-18(5)16(20)13(3)17-14(4)19/h8-10,13H,6-7H2,1-5H3,(H,17,19). The molecule has 0 radical (unpaired) electrons. The Bertz CT molecular complexity index is 494. The third kappa shape index (κ3) is 5.85. The first-order valence-corrected chi connectivity index (χ1v) is 7.02. The van der Waals surface area contributed by atoms with Crippen molar-refractivity contribution in [3.05, 3.63) is 29.3 Å². The van der Waals surface area contributed by atoms with Crippen molar-refractivity contribution in [1.82, 2.24) is 10.2 Å². The normalized spacial score (nSPS) is 11.7. The molecule has 2 amide bonds. The van der Waals surface area contributed by atoms with Gasteiger partial charge < -0.3 is 15.0 Å². The minimum atomic E-state index is -0.520. The Kier molecular flexibility index (Phi) is 6.21. The molecule has 5 nitrogen and oxygen atoms in total. The summed E-state index contributed by atoms with van der Waals surface area (Å²) in [5.74, 6) is 0.466. The van der Waals surface area contributed by atoms with E-state index in [1.54, 1.807) is 18.9 Å². The third-order valence-corrected chi connectivity index (χ3v) is 3.06. The van der Waals surface area contributed by atoms with Crippen molar-refractivity contribution in [2.45, 2.75) is 33.7 Å². The van der Waals surface area contributed by atoms with Gasteiger partial charge in [0.05, 0.1) is 6.54 Å². The lowest BCUT2D eigenvalue weighted by atomic mass is 10.1. The summed E-state index contributed by atoms with van der Waals surface area (Å²) < 4.78 is 5.67. The van der Waals surface area contributed by atoms with E-state index in [0.29, 0.717) is 13.2 Å². The number of hydrogen-bond donors (Lipinski definition) is 1. The molecule has 0 aromatic heterocycles. The molecule has 1 atom stereocenters. The lowest BCUT2D eigenvalue weighted by molar-refractivity contribution is -0.134. The van der Waals surface area contributed by atoms with Gasteiger partial charge in [0, 0.05) is 14.0 Å². The molecule has 0 bridgehead atoms. The molecule has 0 heterocycles. The first-order valence-electron chi connectivity index (χ1n) is 7.02. The first kappa shape index (κ1) is 17.0. The molecule has 0 saturated carbocycles. The van der Waals surface area contributed by atoms with Crippen molar-refractivity contribution >= 4 is 11.8 Å². The van der Waals surface area contributed by atoms with Gasteiger partial charge in [-0.05, 0) is 44.0 Å². The van der Waals surface area contributed by atoms with Crippen LogP contribution in [0.15, 0.2) is 18.2 Å². The molecule has 1 aromatic rings. The summed E-state index contributed by atoms with van der Waals surface area (Å²) in [6, 6.07) is 5.50. The summed E-state index contributed by atoms with van der Waals surface area (Å²) >= 11 is 0. The van der Waals surface area contributed by atoms with Crippen LogP contribution in [0.3, 0.4) is 0 Å². The van der Waals surface area contributed by atoms with Crippen LogP contribution in [0.4, 0.5) is 0 Å². The number of benzene rings is 1. The lowest BCUT2D eigenvalue weighted by Gasteiger charge is -2.21. The predicted octanol–water partition coefficient (Wildman–Crippen LogP) is 1.67. The second kappa shape index (κ2) is 7.67. The van der Waals surface area contributed by atoms with Gasteiger partial charge in [-0.25, -0.2) is 0 Å². The molecule has 1 aromatic carbocycles. The highest BCUT2D eigenvalue weighted by molar-refractivity contribution is 5.86. The van der Waals surface area contributed by atoms with Gasteiger partial charge in [-0.3, -0.25) is 9.59 Å². The molecule has 0 spiro atoms. The van der Waals surface area contributed by atoms with Gasteiger partial charge in [0.1, 0.15) is 18.4 Å². The van der Waals surface area contributed by atoms with Crippen molar-refractivity contribution in [2.24, 2.45) is 0 Å². The fourth-order valence-electron chi connectivity index (χ4n) is 2.12. The molecule has 0 aliphatic carbocycles. The summed E-state index contributed by atoms with van der Waals surface area (Å²) in [5.41, 5.74) is 2.29. The second-order valence-corrected chi connectivity index (χ2v) is 5.35. The molecule has 5 heteroatoms. The van der Waals surface area contributed by atoms with Crippen LogP contribution in [-0.2, 0) is 9.59 Å². The van der Waals surface area contributed by atoms with Gasteiger partial charge in [0.25, 0.3) is 0 Å². The number of nitrogens with one attached hydrogen (secondary N) is 1. The number of carbonyl (C=O) groups is 2. The van der Waals surface area contributed by atoms with Crippen molar-refractivity contribution < 1.29 is 14.3 Å². The van der Waals surface area contributed by atoms with Gasteiger partial charge in [0.15, 0.2) is 0 Å². The molecular weight excluding hydrogens is 268 g/mol. The first-order chi connectivity index (χ1) is 9.79. The maximum atomic E-state index is 12.0. The van der Waals surface area contributed by atoms with Crippen LogP contribution in [0.2, 0.25) is 0 Å². The van der Waals surface area contributed by atoms with Crippen LogP contribution in [0, 0.1) is 13.8 Å². The zero-order valence-corrected chi connectivity index (χ0v) is 13.4. The highest BCUT2D eigenvalue weighted by Gasteiger charge is 2.17. The molecule has 1 rings (SSSR count). The SMILES string of the molecule is CC(=O)NC(C)C(=O)N(C)CCOc1cc(C)cc(C)c1. The summed E-state index contributed by atoms with van der Waals surface area (Å²) in [4.78, 5) is 24.5. The molecule has 116 valence electrons. The van der Waals surface area contributed by atoms with E-state index in [1.807, 2.05) is 26.0 Å². The van der Waals surface area contributed by atoms with Crippen LogP contribution in [0.1, 0.15) is 25.0 Å². The van der Waals surface area contributed by atoms with Crippen LogP contribution >= 0.6 is 0 Å². The Morgan fingerprint density at radius 1 is 1.24 bits per heavy atom. The van der Waals surface area contributed by atoms with Crippen LogP contribution < -0.4 is 10.1 Å². The molecular formula is C16H24N2O3. The topological polar surface area (TPSA) is 58.6 Å². The largest absolute Gasteiger partial charge is 0.492 e. The van der Waals surface area contributed by atoms with Crippen LogP contribution in [-0.4, -0.2) is 43.0 Å².